The van der Waals surface area contributed by atoms with Crippen molar-refractivity contribution >= 4 is 34.2 Å². The number of aromatic nitrogens is 2. The monoisotopic (exact) mass is 429 g/mol. The van der Waals surface area contributed by atoms with Crippen LogP contribution in [0.15, 0.2) is 66.7 Å². The summed E-state index contributed by atoms with van der Waals surface area (Å²) in [5.74, 6) is 1.17. The van der Waals surface area contributed by atoms with Crippen molar-refractivity contribution in [3.8, 4) is 0 Å². The Bertz CT molecular complexity index is 1280. The first-order valence-electron chi connectivity index (χ1n) is 10.6. The molecule has 5 rings (SSSR count). The fourth-order valence-corrected chi connectivity index (χ4v) is 4.69. The molecule has 1 saturated heterocycles. The third-order valence-electron chi connectivity index (χ3n) is 6.07. The van der Waals surface area contributed by atoms with Crippen LogP contribution in [-0.2, 0) is 11.3 Å². The van der Waals surface area contributed by atoms with Crippen molar-refractivity contribution in [1.29, 1.82) is 0 Å². The highest BCUT2D eigenvalue weighted by Gasteiger charge is 2.35. The number of amides is 1. The second-order valence-electron chi connectivity index (χ2n) is 8.37. The van der Waals surface area contributed by atoms with Crippen LogP contribution in [-0.4, -0.2) is 22.0 Å². The molecule has 1 aliphatic rings. The number of benzene rings is 3. The van der Waals surface area contributed by atoms with Crippen molar-refractivity contribution in [2.24, 2.45) is 0 Å². The zero-order valence-corrected chi connectivity index (χ0v) is 18.4. The number of anilines is 1. The van der Waals surface area contributed by atoms with Gasteiger partial charge in [0, 0.05) is 36.1 Å². The number of para-hydroxylation sites is 2. The highest BCUT2D eigenvalue weighted by atomic mass is 35.5. The Morgan fingerprint density at radius 1 is 1.03 bits per heavy atom. The van der Waals surface area contributed by atoms with Gasteiger partial charge in [0.25, 0.3) is 0 Å². The molecule has 4 nitrogen and oxygen atoms in total. The number of hydrogen-bond acceptors (Lipinski definition) is 2. The summed E-state index contributed by atoms with van der Waals surface area (Å²) in [6, 6.07) is 22.3. The average molecular weight is 430 g/mol. The van der Waals surface area contributed by atoms with Gasteiger partial charge in [-0.2, -0.15) is 0 Å². The van der Waals surface area contributed by atoms with Crippen LogP contribution < -0.4 is 4.90 Å². The Labute approximate surface area is 187 Å². The minimum Gasteiger partial charge on any atom is -0.323 e. The topological polar surface area (TPSA) is 38.1 Å². The Kier molecular flexibility index (Phi) is 5.03. The smallest absolute Gasteiger partial charge is 0.227 e. The lowest BCUT2D eigenvalue weighted by molar-refractivity contribution is -0.117. The van der Waals surface area contributed by atoms with Gasteiger partial charge in [-0.15, -0.1) is 0 Å². The first-order chi connectivity index (χ1) is 15.0. The van der Waals surface area contributed by atoms with Crippen LogP contribution >= 0.6 is 11.6 Å². The van der Waals surface area contributed by atoms with Crippen molar-refractivity contribution in [1.82, 2.24) is 9.55 Å². The molecule has 2 heterocycles. The van der Waals surface area contributed by atoms with Gasteiger partial charge < -0.3 is 9.47 Å². The van der Waals surface area contributed by atoms with Crippen LogP contribution in [0.3, 0.4) is 0 Å². The third-order valence-corrected chi connectivity index (χ3v) is 6.32. The van der Waals surface area contributed by atoms with E-state index in [1.54, 1.807) is 0 Å². The number of nitrogens with zero attached hydrogens (tertiary/aromatic N) is 3. The van der Waals surface area contributed by atoms with E-state index >= 15 is 0 Å². The Morgan fingerprint density at radius 2 is 1.81 bits per heavy atom. The van der Waals surface area contributed by atoms with E-state index in [1.165, 1.54) is 5.56 Å². The summed E-state index contributed by atoms with van der Waals surface area (Å²) in [5.41, 5.74) is 6.54. The Balaban J connectivity index is 1.52. The molecule has 0 bridgehead atoms. The van der Waals surface area contributed by atoms with Gasteiger partial charge in [-0.3, -0.25) is 4.79 Å². The van der Waals surface area contributed by atoms with E-state index in [0.29, 0.717) is 19.5 Å². The third kappa shape index (κ3) is 3.72. The van der Waals surface area contributed by atoms with Crippen LogP contribution in [0, 0.1) is 13.8 Å². The summed E-state index contributed by atoms with van der Waals surface area (Å²) in [7, 11) is 0. The summed E-state index contributed by atoms with van der Waals surface area (Å²) >= 11 is 6.07. The van der Waals surface area contributed by atoms with Gasteiger partial charge in [-0.05, 0) is 55.3 Å². The summed E-state index contributed by atoms with van der Waals surface area (Å²) in [6.45, 7) is 5.48. The lowest BCUT2D eigenvalue weighted by Gasteiger charge is -2.20. The number of hydrogen-bond donors (Lipinski definition) is 0. The van der Waals surface area contributed by atoms with Crippen LogP contribution in [0.25, 0.3) is 11.0 Å². The highest BCUT2D eigenvalue weighted by molar-refractivity contribution is 6.30. The van der Waals surface area contributed by atoms with Gasteiger partial charge in [-0.1, -0.05) is 53.6 Å². The van der Waals surface area contributed by atoms with Crippen molar-refractivity contribution in [2.75, 3.05) is 11.4 Å². The molecular formula is C26H24ClN3O. The minimum atomic E-state index is 0.0490. The van der Waals surface area contributed by atoms with Crippen molar-refractivity contribution < 1.29 is 4.79 Å². The maximum absolute atomic E-state index is 13.0. The van der Waals surface area contributed by atoms with Crippen molar-refractivity contribution in [3.63, 3.8) is 0 Å². The molecule has 5 heteroatoms. The summed E-state index contributed by atoms with van der Waals surface area (Å²) in [5, 5.41) is 0.727. The van der Waals surface area contributed by atoms with Crippen molar-refractivity contribution in [2.45, 2.75) is 32.7 Å². The molecular weight excluding hydrogens is 406 g/mol. The molecule has 0 spiro atoms. The molecule has 1 fully saturated rings. The fraction of sp³-hybridized carbons (Fsp3) is 0.231. The zero-order valence-electron chi connectivity index (χ0n) is 17.7. The first-order valence-corrected chi connectivity index (χ1v) is 10.9. The number of aryl methyl sites for hydroxylation is 2. The van der Waals surface area contributed by atoms with Crippen LogP contribution in [0.4, 0.5) is 5.69 Å². The molecule has 0 radical (unpaired) electrons. The molecule has 156 valence electrons. The number of carbonyl (C=O) groups is 1. The lowest BCUT2D eigenvalue weighted by atomic mass is 10.1. The largest absolute Gasteiger partial charge is 0.323 e. The molecule has 0 N–H and O–H groups in total. The Morgan fingerprint density at radius 3 is 2.58 bits per heavy atom. The van der Waals surface area contributed by atoms with E-state index in [-0.39, 0.29) is 11.8 Å². The number of halogens is 1. The van der Waals surface area contributed by atoms with E-state index < -0.39 is 0 Å². The fourth-order valence-electron chi connectivity index (χ4n) is 4.57. The molecule has 3 aromatic carbocycles. The van der Waals surface area contributed by atoms with Crippen LogP contribution in [0.1, 0.15) is 34.9 Å². The molecule has 1 amide bonds. The number of fused-ring (bicyclic) bond motifs is 1. The van der Waals surface area contributed by atoms with Gasteiger partial charge in [0.1, 0.15) is 5.82 Å². The normalized spacial score (nSPS) is 16.4. The van der Waals surface area contributed by atoms with E-state index in [2.05, 4.69) is 42.7 Å². The molecule has 1 unspecified atom stereocenters. The number of rotatable bonds is 4. The standard InChI is InChI=1S/C26H24ClN3O/c1-17-7-12-23(18(2)13-17)29-16-20(14-25(29)31)26-28-22-5-3-4-6-24(22)30(26)15-19-8-10-21(27)11-9-19/h3-13,20H,14-16H2,1-2H3. The number of carbonyl (C=O) groups excluding carboxylic acids is 1. The van der Waals surface area contributed by atoms with Gasteiger partial charge in [0.15, 0.2) is 0 Å². The maximum atomic E-state index is 13.0. The van der Waals surface area contributed by atoms with Gasteiger partial charge in [0.05, 0.1) is 11.0 Å². The molecule has 1 atom stereocenters. The van der Waals surface area contributed by atoms with Gasteiger partial charge in [-0.25, -0.2) is 4.98 Å². The SMILES string of the molecule is Cc1ccc(N2CC(c3nc4ccccc4n3Cc3ccc(Cl)cc3)CC2=O)c(C)c1. The predicted molar refractivity (Wildman–Crippen MR) is 126 cm³/mol. The predicted octanol–water partition coefficient (Wildman–Crippen LogP) is 5.88. The highest BCUT2D eigenvalue weighted by Crippen LogP contribution is 2.35. The number of imidazole rings is 1. The second-order valence-corrected chi connectivity index (χ2v) is 8.80. The van der Waals surface area contributed by atoms with E-state index in [1.807, 2.05) is 47.4 Å². The second kappa shape index (κ2) is 7.86. The molecule has 31 heavy (non-hydrogen) atoms. The molecule has 0 aliphatic carbocycles. The summed E-state index contributed by atoms with van der Waals surface area (Å²) in [4.78, 5) is 19.9. The molecule has 0 saturated carbocycles. The first kappa shape index (κ1) is 19.8. The van der Waals surface area contributed by atoms with Crippen molar-refractivity contribution in [3.05, 3.63) is 94.3 Å². The minimum absolute atomic E-state index is 0.0490. The summed E-state index contributed by atoms with van der Waals surface area (Å²) in [6.07, 6.45) is 0.470. The van der Waals surface area contributed by atoms with Gasteiger partial charge in [0.2, 0.25) is 5.91 Å². The lowest BCUT2D eigenvalue weighted by Crippen LogP contribution is -2.25. The van der Waals surface area contributed by atoms with Crippen LogP contribution in [0.2, 0.25) is 5.02 Å². The van der Waals surface area contributed by atoms with E-state index in [0.717, 1.165) is 38.7 Å². The Hall–Kier alpha value is -3.11. The average Bonchev–Trinajstić information content (AvgIpc) is 3.30. The molecule has 1 aliphatic heterocycles. The quantitative estimate of drug-likeness (QED) is 0.406. The zero-order chi connectivity index (χ0) is 21.5. The summed E-state index contributed by atoms with van der Waals surface area (Å²) < 4.78 is 2.25. The van der Waals surface area contributed by atoms with Gasteiger partial charge >= 0.3 is 0 Å². The van der Waals surface area contributed by atoms with Crippen LogP contribution in [0.5, 0.6) is 0 Å². The molecule has 4 aromatic rings. The van der Waals surface area contributed by atoms with E-state index in [4.69, 9.17) is 16.6 Å². The maximum Gasteiger partial charge on any atom is 0.227 e. The molecule has 1 aromatic heterocycles. The van der Waals surface area contributed by atoms with E-state index in [9.17, 15) is 4.79 Å².